The summed E-state index contributed by atoms with van der Waals surface area (Å²) in [6, 6.07) is 6.36. The molecule has 1 amide bonds. The highest BCUT2D eigenvalue weighted by molar-refractivity contribution is 6.01. The molecular formula is C19H26N4O2. The van der Waals surface area contributed by atoms with Gasteiger partial charge >= 0.3 is 0 Å². The Labute approximate surface area is 148 Å². The molecule has 0 saturated heterocycles. The van der Waals surface area contributed by atoms with E-state index >= 15 is 0 Å². The van der Waals surface area contributed by atoms with E-state index in [1.807, 2.05) is 18.2 Å². The zero-order valence-electron chi connectivity index (χ0n) is 14.8. The van der Waals surface area contributed by atoms with Crippen LogP contribution in [0.1, 0.15) is 41.1 Å². The Balaban J connectivity index is 1.70. The summed E-state index contributed by atoms with van der Waals surface area (Å²) in [4.78, 5) is 16.5. The number of hydrogen-bond donors (Lipinski definition) is 3. The predicted molar refractivity (Wildman–Crippen MR) is 99.0 cm³/mol. The van der Waals surface area contributed by atoms with Crippen molar-refractivity contribution in [3.8, 4) is 5.75 Å². The molecular weight excluding hydrogens is 316 g/mol. The van der Waals surface area contributed by atoms with Gasteiger partial charge in [0.2, 0.25) is 0 Å². The minimum absolute atomic E-state index is 0.251. The minimum Gasteiger partial charge on any atom is -0.496 e. The highest BCUT2D eigenvalue weighted by atomic mass is 16.5. The fourth-order valence-corrected chi connectivity index (χ4v) is 3.02. The van der Waals surface area contributed by atoms with Crippen LogP contribution in [0.4, 0.5) is 0 Å². The molecule has 25 heavy (non-hydrogen) atoms. The second kappa shape index (κ2) is 7.70. The van der Waals surface area contributed by atoms with Gasteiger partial charge in [-0.3, -0.25) is 9.79 Å². The fraction of sp³-hybridized carbons (Fsp3) is 0.474. The quantitative estimate of drug-likeness (QED) is 0.628. The first-order valence-electron chi connectivity index (χ1n) is 8.73. The van der Waals surface area contributed by atoms with Crippen molar-refractivity contribution in [3.63, 3.8) is 0 Å². The number of hydrogen-bond acceptors (Lipinski definition) is 5. The van der Waals surface area contributed by atoms with E-state index in [0.29, 0.717) is 29.0 Å². The van der Waals surface area contributed by atoms with Crippen molar-refractivity contribution in [1.82, 2.24) is 10.6 Å². The highest BCUT2D eigenvalue weighted by Gasteiger charge is 2.39. The normalized spacial score (nSPS) is 22.9. The lowest BCUT2D eigenvalue weighted by atomic mass is 10.0. The number of methoxy groups -OCH3 is 1. The number of ether oxygens (including phenoxy) is 1. The number of nitrogens with zero attached hydrogens (tertiary/aromatic N) is 1. The third-order valence-electron chi connectivity index (χ3n) is 4.76. The molecule has 0 aromatic heterocycles. The Morgan fingerprint density at radius 3 is 2.88 bits per heavy atom. The second-order valence-electron chi connectivity index (χ2n) is 6.72. The standard InChI is InChI=1S/C19H26N4O2/c1-21-11-14(9-20)23-19(24)16-7-13(5-6-18(16)25-2)15-8-17(15)22-10-12-3-4-12/h5-7,9,11-12,15,17,22H,3-4,8,10,20H2,1-2H3,(H,23,24). The SMILES string of the molecule is CN=CC(=CN)NC(=O)c1cc(C2CC2NCC2CC2)ccc1OC. The van der Waals surface area contributed by atoms with Crippen LogP contribution in [0.5, 0.6) is 5.75 Å². The molecule has 6 nitrogen and oxygen atoms in total. The molecule has 1 aromatic rings. The molecule has 0 aliphatic heterocycles. The summed E-state index contributed by atoms with van der Waals surface area (Å²) in [6.45, 7) is 1.12. The Morgan fingerprint density at radius 2 is 2.24 bits per heavy atom. The average molecular weight is 342 g/mol. The van der Waals surface area contributed by atoms with E-state index in [1.165, 1.54) is 30.8 Å². The third kappa shape index (κ3) is 4.39. The number of aliphatic imine (C=N–C) groups is 1. The summed E-state index contributed by atoms with van der Waals surface area (Å²) < 4.78 is 5.35. The molecule has 2 aliphatic rings. The van der Waals surface area contributed by atoms with Crippen molar-refractivity contribution < 1.29 is 9.53 Å². The molecule has 0 bridgehead atoms. The topological polar surface area (TPSA) is 88.7 Å². The van der Waals surface area contributed by atoms with Gasteiger partial charge in [0.1, 0.15) is 5.75 Å². The summed E-state index contributed by atoms with van der Waals surface area (Å²) >= 11 is 0. The molecule has 3 rings (SSSR count). The molecule has 2 saturated carbocycles. The van der Waals surface area contributed by atoms with Crippen molar-refractivity contribution in [3.05, 3.63) is 41.2 Å². The van der Waals surface area contributed by atoms with Gasteiger partial charge in [0.25, 0.3) is 5.91 Å². The van der Waals surface area contributed by atoms with Crippen molar-refractivity contribution in [1.29, 1.82) is 0 Å². The summed E-state index contributed by atoms with van der Waals surface area (Å²) in [7, 11) is 3.19. The number of nitrogens with two attached hydrogens (primary N) is 1. The van der Waals surface area contributed by atoms with Crippen molar-refractivity contribution in [2.24, 2.45) is 16.6 Å². The van der Waals surface area contributed by atoms with E-state index in [-0.39, 0.29) is 5.91 Å². The van der Waals surface area contributed by atoms with Crippen molar-refractivity contribution in [2.45, 2.75) is 31.2 Å². The summed E-state index contributed by atoms with van der Waals surface area (Å²) in [6.07, 6.45) is 6.66. The van der Waals surface area contributed by atoms with Gasteiger partial charge in [-0.05, 0) is 49.4 Å². The van der Waals surface area contributed by atoms with Crippen molar-refractivity contribution in [2.75, 3.05) is 20.7 Å². The molecule has 1 aromatic carbocycles. The van der Waals surface area contributed by atoms with Gasteiger partial charge in [0, 0.05) is 31.4 Å². The van der Waals surface area contributed by atoms with Crippen LogP contribution < -0.4 is 21.1 Å². The van der Waals surface area contributed by atoms with E-state index in [1.54, 1.807) is 14.2 Å². The average Bonchev–Trinajstić information content (AvgIpc) is 3.53. The minimum atomic E-state index is -0.251. The third-order valence-corrected chi connectivity index (χ3v) is 4.76. The van der Waals surface area contributed by atoms with Crippen LogP contribution in [0.3, 0.4) is 0 Å². The number of benzene rings is 1. The van der Waals surface area contributed by atoms with Crippen LogP contribution in [-0.2, 0) is 0 Å². The smallest absolute Gasteiger partial charge is 0.259 e. The monoisotopic (exact) mass is 342 g/mol. The van der Waals surface area contributed by atoms with E-state index in [0.717, 1.165) is 18.9 Å². The van der Waals surface area contributed by atoms with Gasteiger partial charge in [-0.25, -0.2) is 0 Å². The molecule has 6 heteroatoms. The van der Waals surface area contributed by atoms with Crippen LogP contribution in [0.25, 0.3) is 0 Å². The summed E-state index contributed by atoms with van der Waals surface area (Å²) in [5.74, 6) is 1.64. The Hall–Kier alpha value is -2.34. The van der Waals surface area contributed by atoms with E-state index in [9.17, 15) is 4.79 Å². The van der Waals surface area contributed by atoms with Crippen LogP contribution >= 0.6 is 0 Å². The van der Waals surface area contributed by atoms with Gasteiger partial charge in [-0.1, -0.05) is 6.07 Å². The predicted octanol–water partition coefficient (Wildman–Crippen LogP) is 1.78. The zero-order chi connectivity index (χ0) is 17.8. The molecule has 134 valence electrons. The van der Waals surface area contributed by atoms with Gasteiger partial charge < -0.3 is 21.1 Å². The highest BCUT2D eigenvalue weighted by Crippen LogP contribution is 2.42. The first kappa shape index (κ1) is 17.5. The lowest BCUT2D eigenvalue weighted by molar-refractivity contribution is 0.0965. The second-order valence-corrected chi connectivity index (χ2v) is 6.72. The first-order chi connectivity index (χ1) is 12.2. The molecule has 0 radical (unpaired) electrons. The summed E-state index contributed by atoms with van der Waals surface area (Å²) in [5, 5.41) is 6.38. The number of rotatable bonds is 8. The number of carbonyl (C=O) groups is 1. The lowest BCUT2D eigenvalue weighted by Crippen LogP contribution is -2.25. The molecule has 0 heterocycles. The van der Waals surface area contributed by atoms with E-state index < -0.39 is 0 Å². The largest absolute Gasteiger partial charge is 0.496 e. The maximum atomic E-state index is 12.6. The first-order valence-corrected chi connectivity index (χ1v) is 8.73. The van der Waals surface area contributed by atoms with Gasteiger partial charge in [-0.15, -0.1) is 0 Å². The fourth-order valence-electron chi connectivity index (χ4n) is 3.02. The maximum Gasteiger partial charge on any atom is 0.259 e. The molecule has 2 atom stereocenters. The molecule has 0 spiro atoms. The Bertz CT molecular complexity index is 695. The van der Waals surface area contributed by atoms with Gasteiger partial charge in [0.15, 0.2) is 0 Å². The Kier molecular flexibility index (Phi) is 5.38. The van der Waals surface area contributed by atoms with Gasteiger partial charge in [0.05, 0.1) is 18.4 Å². The summed E-state index contributed by atoms with van der Waals surface area (Å²) in [5.41, 5.74) is 7.65. The zero-order valence-corrected chi connectivity index (χ0v) is 14.8. The molecule has 2 aliphatic carbocycles. The van der Waals surface area contributed by atoms with E-state index in [4.69, 9.17) is 10.5 Å². The number of amides is 1. The number of carbonyl (C=O) groups excluding carboxylic acids is 1. The molecule has 2 unspecified atom stereocenters. The van der Waals surface area contributed by atoms with Crippen LogP contribution in [-0.4, -0.2) is 38.9 Å². The molecule has 4 N–H and O–H groups in total. The lowest BCUT2D eigenvalue weighted by Gasteiger charge is -2.12. The van der Waals surface area contributed by atoms with Crippen LogP contribution in [0.2, 0.25) is 0 Å². The Morgan fingerprint density at radius 1 is 1.44 bits per heavy atom. The molecule has 2 fully saturated rings. The maximum absolute atomic E-state index is 12.6. The number of allylic oxidation sites excluding steroid dienone is 1. The van der Waals surface area contributed by atoms with Crippen LogP contribution in [0, 0.1) is 5.92 Å². The number of nitrogens with one attached hydrogen (secondary N) is 2. The van der Waals surface area contributed by atoms with Crippen molar-refractivity contribution >= 4 is 12.1 Å². The van der Waals surface area contributed by atoms with Crippen LogP contribution in [0.15, 0.2) is 35.1 Å². The van der Waals surface area contributed by atoms with Gasteiger partial charge in [-0.2, -0.15) is 0 Å². The van der Waals surface area contributed by atoms with E-state index in [2.05, 4.69) is 15.6 Å².